The summed E-state index contributed by atoms with van der Waals surface area (Å²) in [6.45, 7) is -0.574. The van der Waals surface area contributed by atoms with Gasteiger partial charge >= 0.3 is 10.4 Å². The van der Waals surface area contributed by atoms with E-state index >= 15 is 0 Å². The highest BCUT2D eigenvalue weighted by Crippen LogP contribution is 2.32. The number of aliphatic hydroxyl groups is 6. The molecule has 3 heterocycles. The molecule has 1 radical (unpaired) electrons. The van der Waals surface area contributed by atoms with Gasteiger partial charge in [0.2, 0.25) is 0 Å². The molecule has 0 aromatic heterocycles. The fourth-order valence-corrected chi connectivity index (χ4v) is 4.61. The monoisotopic (exact) mass is 565 g/mol. The standard InChI is InChI=1S/C18H33N2O16S/c1-30-16-9(20)13(26)14(6(3-22)33-16)35-18-15(36-37(27,28)29)11(24)7(4-31-18)34-17-8(19)12(25)10(23)5(2-21)32-17/h4-18,21-26H,2-3,19-20H2,1H3,(H,27,28,29)/t5?,6?,7-,8?,9?,10-,11-,12+,13+,14-,15?,16+,17-,18-/m0/s1. The van der Waals surface area contributed by atoms with Crippen LogP contribution in [0.15, 0.2) is 0 Å². The van der Waals surface area contributed by atoms with Gasteiger partial charge in [-0.2, -0.15) is 8.42 Å². The molecule has 11 N–H and O–H groups in total. The third-order valence-electron chi connectivity index (χ3n) is 6.16. The predicted octanol–water partition coefficient (Wildman–Crippen LogP) is -6.36. The highest BCUT2D eigenvalue weighted by Gasteiger charge is 2.52. The van der Waals surface area contributed by atoms with Crippen LogP contribution < -0.4 is 11.5 Å². The van der Waals surface area contributed by atoms with Crippen LogP contribution in [-0.4, -0.2) is 150 Å². The van der Waals surface area contributed by atoms with Gasteiger partial charge in [0.25, 0.3) is 0 Å². The summed E-state index contributed by atoms with van der Waals surface area (Å²) in [7, 11) is -3.97. The molecule has 0 aromatic carbocycles. The lowest BCUT2D eigenvalue weighted by Crippen LogP contribution is -2.66. The minimum Gasteiger partial charge on any atom is -0.394 e. The molecule has 5 unspecified atom stereocenters. The summed E-state index contributed by atoms with van der Waals surface area (Å²) in [5.41, 5.74) is 11.7. The van der Waals surface area contributed by atoms with Crippen molar-refractivity contribution in [3.05, 3.63) is 6.61 Å². The van der Waals surface area contributed by atoms with Crippen LogP contribution in [0.3, 0.4) is 0 Å². The normalized spacial score (nSPS) is 47.6. The first-order valence-corrected chi connectivity index (χ1v) is 12.4. The van der Waals surface area contributed by atoms with Crippen LogP contribution in [0, 0.1) is 6.61 Å². The summed E-state index contributed by atoms with van der Waals surface area (Å²) in [4.78, 5) is 0. The Morgan fingerprint density at radius 1 is 0.811 bits per heavy atom. The van der Waals surface area contributed by atoms with Crippen LogP contribution in [0.2, 0.25) is 0 Å². The van der Waals surface area contributed by atoms with Crippen molar-refractivity contribution >= 4 is 10.4 Å². The highest BCUT2D eigenvalue weighted by molar-refractivity contribution is 7.80. The zero-order chi connectivity index (χ0) is 27.7. The summed E-state index contributed by atoms with van der Waals surface area (Å²) in [5.74, 6) is 0. The van der Waals surface area contributed by atoms with E-state index in [1.165, 1.54) is 7.11 Å². The number of hydrogen-bond acceptors (Lipinski definition) is 17. The van der Waals surface area contributed by atoms with Crippen molar-refractivity contribution in [2.24, 2.45) is 11.5 Å². The fraction of sp³-hybridized carbons (Fsp3) is 0.944. The summed E-state index contributed by atoms with van der Waals surface area (Å²) in [6, 6.07) is -2.54. The third-order valence-corrected chi connectivity index (χ3v) is 6.63. The van der Waals surface area contributed by atoms with E-state index in [9.17, 15) is 43.6 Å². The SMILES string of the molecule is CO[C@@H]1OC(CO)[C@H](O[C@@H]2O[CH][C@H](O[C@@H]3OC(CO)[C@H](O)[C@H](O)C3N)[C@H](O)C2OS(=O)(=O)O)[C@H](O)C1N. The molecule has 0 spiro atoms. The van der Waals surface area contributed by atoms with E-state index < -0.39 is 110 Å². The Hall–Kier alpha value is -0.690. The minimum absolute atomic E-state index is 0.694. The molecule has 3 rings (SSSR count). The van der Waals surface area contributed by atoms with Crippen molar-refractivity contribution in [3.8, 4) is 0 Å². The van der Waals surface area contributed by atoms with Gasteiger partial charge in [0.15, 0.2) is 25.0 Å². The van der Waals surface area contributed by atoms with Gasteiger partial charge < -0.3 is 70.5 Å². The largest absolute Gasteiger partial charge is 0.397 e. The molecule has 3 fully saturated rings. The lowest BCUT2D eigenvalue weighted by molar-refractivity contribution is -0.334. The molecule has 18 nitrogen and oxygen atoms in total. The second kappa shape index (κ2) is 12.7. The molecule has 37 heavy (non-hydrogen) atoms. The number of hydrogen-bond donors (Lipinski definition) is 9. The van der Waals surface area contributed by atoms with Crippen LogP contribution in [0.25, 0.3) is 0 Å². The van der Waals surface area contributed by atoms with Crippen LogP contribution in [0.5, 0.6) is 0 Å². The van der Waals surface area contributed by atoms with E-state index in [4.69, 9.17) is 39.9 Å². The fourth-order valence-electron chi connectivity index (χ4n) is 4.13. The molecule has 3 aliphatic rings. The number of methoxy groups -OCH3 is 1. The molecule has 217 valence electrons. The summed E-state index contributed by atoms with van der Waals surface area (Å²) >= 11 is 0. The second-order valence-corrected chi connectivity index (χ2v) is 9.68. The van der Waals surface area contributed by atoms with Crippen molar-refractivity contribution in [1.29, 1.82) is 0 Å². The molecule has 0 amide bonds. The van der Waals surface area contributed by atoms with Crippen LogP contribution in [0.4, 0.5) is 0 Å². The van der Waals surface area contributed by atoms with Crippen LogP contribution in [0.1, 0.15) is 0 Å². The average Bonchev–Trinajstić information content (AvgIpc) is 2.85. The van der Waals surface area contributed by atoms with E-state index in [0.29, 0.717) is 0 Å². The first kappa shape index (κ1) is 30.8. The minimum atomic E-state index is -5.22. The molecule has 3 aliphatic heterocycles. The first-order valence-electron chi connectivity index (χ1n) is 11.1. The van der Waals surface area contributed by atoms with Gasteiger partial charge in [0, 0.05) is 7.11 Å². The van der Waals surface area contributed by atoms with Crippen molar-refractivity contribution in [2.45, 2.75) is 85.9 Å². The number of ether oxygens (including phenoxy) is 6. The van der Waals surface area contributed by atoms with Crippen LogP contribution >= 0.6 is 0 Å². The Kier molecular flexibility index (Phi) is 10.6. The molecule has 0 bridgehead atoms. The topological polar surface area (TPSA) is 292 Å². The Balaban J connectivity index is 1.77. The smallest absolute Gasteiger partial charge is 0.394 e. The summed E-state index contributed by atoms with van der Waals surface area (Å²) in [5, 5.41) is 60.4. The van der Waals surface area contributed by atoms with Crippen molar-refractivity contribution in [3.63, 3.8) is 0 Å². The van der Waals surface area contributed by atoms with E-state index in [2.05, 4.69) is 4.18 Å². The van der Waals surface area contributed by atoms with Crippen molar-refractivity contribution in [2.75, 3.05) is 20.3 Å². The molecule has 14 atom stereocenters. The molecule has 19 heteroatoms. The van der Waals surface area contributed by atoms with E-state index in [0.717, 1.165) is 6.61 Å². The van der Waals surface area contributed by atoms with Crippen molar-refractivity contribution in [1.82, 2.24) is 0 Å². The molecule has 0 aromatic rings. The van der Waals surface area contributed by atoms with Gasteiger partial charge in [0.05, 0.1) is 25.3 Å². The third kappa shape index (κ3) is 6.91. The summed E-state index contributed by atoms with van der Waals surface area (Å²) in [6.07, 6.45) is -18.7. The van der Waals surface area contributed by atoms with Gasteiger partial charge in [-0.25, -0.2) is 4.18 Å². The maximum atomic E-state index is 11.5. The molecule has 0 saturated carbocycles. The number of nitrogens with two attached hydrogens (primary N) is 2. The molecule has 3 saturated heterocycles. The maximum absolute atomic E-state index is 11.5. The zero-order valence-corrected chi connectivity index (χ0v) is 20.3. The lowest BCUT2D eigenvalue weighted by atomic mass is 9.96. The van der Waals surface area contributed by atoms with Gasteiger partial charge in [-0.1, -0.05) is 0 Å². The van der Waals surface area contributed by atoms with E-state index in [-0.39, 0.29) is 0 Å². The Morgan fingerprint density at radius 3 is 1.97 bits per heavy atom. The summed E-state index contributed by atoms with van der Waals surface area (Å²) < 4.78 is 68.8. The molecule has 0 aliphatic carbocycles. The quantitative estimate of drug-likeness (QED) is 0.117. The Bertz CT molecular complexity index is 835. The van der Waals surface area contributed by atoms with Crippen molar-refractivity contribution < 1.29 is 76.2 Å². The van der Waals surface area contributed by atoms with E-state index in [1.54, 1.807) is 0 Å². The van der Waals surface area contributed by atoms with E-state index in [1.807, 2.05) is 0 Å². The number of rotatable bonds is 9. The van der Waals surface area contributed by atoms with Gasteiger partial charge in [0.1, 0.15) is 55.4 Å². The van der Waals surface area contributed by atoms with Gasteiger partial charge in [-0.3, -0.25) is 4.55 Å². The molecular formula is C18H33N2O16S. The van der Waals surface area contributed by atoms with Crippen LogP contribution in [-0.2, 0) is 43.0 Å². The lowest BCUT2D eigenvalue weighted by Gasteiger charge is -2.46. The average molecular weight is 566 g/mol. The zero-order valence-electron chi connectivity index (χ0n) is 19.4. The second-order valence-electron chi connectivity index (χ2n) is 8.63. The molecular weight excluding hydrogens is 532 g/mol. The Morgan fingerprint density at radius 2 is 1.41 bits per heavy atom. The van der Waals surface area contributed by atoms with Gasteiger partial charge in [-0.05, 0) is 0 Å². The first-order chi connectivity index (χ1) is 17.3. The van der Waals surface area contributed by atoms with Gasteiger partial charge in [-0.15, -0.1) is 0 Å². The number of aliphatic hydroxyl groups excluding tert-OH is 6. The highest BCUT2D eigenvalue weighted by atomic mass is 32.3. The maximum Gasteiger partial charge on any atom is 0.397 e. The Labute approximate surface area is 211 Å². The predicted molar refractivity (Wildman–Crippen MR) is 114 cm³/mol.